The fraction of sp³-hybridized carbons (Fsp3) is 0.583. The SMILES string of the molecule is COC(=O)c1cc(S(=O)(=O)NCC(N)CC(C)C)c(Br)s1. The normalized spacial score (nSPS) is 13.4. The second kappa shape index (κ2) is 7.68. The second-order valence-corrected chi connectivity index (χ2v) is 9.09. The lowest BCUT2D eigenvalue weighted by molar-refractivity contribution is 0.0606. The lowest BCUT2D eigenvalue weighted by atomic mass is 10.1. The number of hydrogen-bond acceptors (Lipinski definition) is 6. The standard InChI is InChI=1S/C12H19BrN2O4S2/c1-7(2)4-8(14)6-15-21(17,18)10-5-9(12(16)19-3)20-11(10)13/h5,7-8,15H,4,6,14H2,1-3H3. The number of ether oxygens (including phenoxy) is 1. The van der Waals surface area contributed by atoms with Crippen LogP contribution in [0.2, 0.25) is 0 Å². The van der Waals surface area contributed by atoms with Gasteiger partial charge in [0.25, 0.3) is 0 Å². The number of carbonyl (C=O) groups is 1. The zero-order valence-corrected chi connectivity index (χ0v) is 15.3. The lowest BCUT2D eigenvalue weighted by Gasteiger charge is -2.14. The van der Waals surface area contributed by atoms with Crippen molar-refractivity contribution in [1.82, 2.24) is 4.72 Å². The van der Waals surface area contributed by atoms with Crippen molar-refractivity contribution in [3.05, 3.63) is 14.7 Å². The summed E-state index contributed by atoms with van der Waals surface area (Å²) < 4.78 is 31.8. The van der Waals surface area contributed by atoms with E-state index >= 15 is 0 Å². The Morgan fingerprint density at radius 1 is 1.52 bits per heavy atom. The second-order valence-electron chi connectivity index (χ2n) is 4.98. The van der Waals surface area contributed by atoms with Gasteiger partial charge in [-0.2, -0.15) is 0 Å². The Morgan fingerprint density at radius 3 is 2.67 bits per heavy atom. The first-order chi connectivity index (χ1) is 9.67. The first-order valence-corrected chi connectivity index (χ1v) is 9.39. The number of halogens is 1. The van der Waals surface area contributed by atoms with E-state index in [0.717, 1.165) is 17.8 Å². The monoisotopic (exact) mass is 398 g/mol. The van der Waals surface area contributed by atoms with Gasteiger partial charge in [-0.3, -0.25) is 0 Å². The maximum atomic E-state index is 12.2. The van der Waals surface area contributed by atoms with E-state index in [-0.39, 0.29) is 22.4 Å². The summed E-state index contributed by atoms with van der Waals surface area (Å²) in [4.78, 5) is 11.7. The van der Waals surface area contributed by atoms with Crippen LogP contribution in [0.4, 0.5) is 0 Å². The smallest absolute Gasteiger partial charge is 0.348 e. The highest BCUT2D eigenvalue weighted by molar-refractivity contribution is 9.11. The van der Waals surface area contributed by atoms with Crippen LogP contribution < -0.4 is 10.5 Å². The molecule has 9 heteroatoms. The van der Waals surface area contributed by atoms with Crippen LogP contribution in [0, 0.1) is 5.92 Å². The minimum atomic E-state index is -3.72. The molecule has 0 amide bonds. The Kier molecular flexibility index (Phi) is 6.79. The predicted octanol–water partition coefficient (Wildman–Crippen LogP) is 1.95. The van der Waals surface area contributed by atoms with E-state index < -0.39 is 16.0 Å². The highest BCUT2D eigenvalue weighted by Gasteiger charge is 2.24. The van der Waals surface area contributed by atoms with Gasteiger partial charge in [0.1, 0.15) is 9.77 Å². The maximum Gasteiger partial charge on any atom is 0.348 e. The van der Waals surface area contributed by atoms with Gasteiger partial charge in [0.15, 0.2) is 0 Å². The number of sulfonamides is 1. The van der Waals surface area contributed by atoms with Gasteiger partial charge in [0, 0.05) is 12.6 Å². The van der Waals surface area contributed by atoms with E-state index in [1.54, 1.807) is 0 Å². The van der Waals surface area contributed by atoms with Crippen molar-refractivity contribution in [3.8, 4) is 0 Å². The first-order valence-electron chi connectivity index (χ1n) is 6.30. The van der Waals surface area contributed by atoms with Crippen LogP contribution in [-0.4, -0.2) is 34.1 Å². The molecule has 0 bridgehead atoms. The molecule has 1 aromatic heterocycles. The van der Waals surface area contributed by atoms with Crippen molar-refractivity contribution < 1.29 is 17.9 Å². The lowest BCUT2D eigenvalue weighted by Crippen LogP contribution is -2.37. The fourth-order valence-corrected chi connectivity index (χ4v) is 5.29. The number of hydrogen-bond donors (Lipinski definition) is 2. The van der Waals surface area contributed by atoms with Crippen LogP contribution >= 0.6 is 27.3 Å². The van der Waals surface area contributed by atoms with Gasteiger partial charge in [-0.1, -0.05) is 13.8 Å². The Hall–Kier alpha value is -0.480. The highest BCUT2D eigenvalue weighted by atomic mass is 79.9. The molecule has 0 saturated carbocycles. The summed E-state index contributed by atoms with van der Waals surface area (Å²) in [5.74, 6) is -0.179. The third-order valence-corrected chi connectivity index (χ3v) is 6.30. The van der Waals surface area contributed by atoms with Crippen molar-refractivity contribution in [2.75, 3.05) is 13.7 Å². The molecule has 120 valence electrons. The Morgan fingerprint density at radius 2 is 2.14 bits per heavy atom. The van der Waals surface area contributed by atoms with Gasteiger partial charge in [-0.15, -0.1) is 11.3 Å². The Bertz CT molecular complexity index is 598. The van der Waals surface area contributed by atoms with E-state index in [4.69, 9.17) is 5.73 Å². The van der Waals surface area contributed by atoms with Gasteiger partial charge >= 0.3 is 5.97 Å². The third-order valence-electron chi connectivity index (χ3n) is 2.64. The Balaban J connectivity index is 2.83. The molecule has 0 aliphatic heterocycles. The molecule has 0 saturated heterocycles. The largest absolute Gasteiger partial charge is 0.465 e. The van der Waals surface area contributed by atoms with Crippen molar-refractivity contribution in [2.24, 2.45) is 11.7 Å². The molecule has 1 rings (SSSR count). The maximum absolute atomic E-state index is 12.2. The predicted molar refractivity (Wildman–Crippen MR) is 86.0 cm³/mol. The summed E-state index contributed by atoms with van der Waals surface area (Å²) in [6, 6.07) is 1.04. The number of nitrogens with one attached hydrogen (secondary N) is 1. The minimum absolute atomic E-state index is 0.0182. The van der Waals surface area contributed by atoms with Crippen molar-refractivity contribution in [1.29, 1.82) is 0 Å². The van der Waals surface area contributed by atoms with E-state index in [1.165, 1.54) is 13.2 Å². The molecule has 1 unspecified atom stereocenters. The first kappa shape index (κ1) is 18.6. The average molecular weight is 399 g/mol. The molecule has 3 N–H and O–H groups in total. The van der Waals surface area contributed by atoms with Crippen molar-refractivity contribution in [2.45, 2.75) is 31.2 Å². The van der Waals surface area contributed by atoms with E-state index in [2.05, 4.69) is 25.4 Å². The van der Waals surface area contributed by atoms with Crippen LogP contribution in [0.5, 0.6) is 0 Å². The molecular weight excluding hydrogens is 380 g/mol. The van der Waals surface area contributed by atoms with Gasteiger partial charge < -0.3 is 10.5 Å². The molecule has 0 radical (unpaired) electrons. The van der Waals surface area contributed by atoms with Crippen LogP contribution in [-0.2, 0) is 14.8 Å². The molecule has 1 aromatic rings. The number of esters is 1. The molecule has 0 spiro atoms. The number of nitrogens with two attached hydrogens (primary N) is 1. The fourth-order valence-electron chi connectivity index (χ4n) is 1.72. The number of thiophene rings is 1. The molecule has 6 nitrogen and oxygen atoms in total. The van der Waals surface area contributed by atoms with E-state index in [9.17, 15) is 13.2 Å². The molecule has 21 heavy (non-hydrogen) atoms. The van der Waals surface area contributed by atoms with E-state index in [1.807, 2.05) is 13.8 Å². The van der Waals surface area contributed by atoms with Crippen LogP contribution in [0.3, 0.4) is 0 Å². The van der Waals surface area contributed by atoms with E-state index in [0.29, 0.717) is 9.70 Å². The number of methoxy groups -OCH3 is 1. The summed E-state index contributed by atoms with van der Waals surface area (Å²) in [6.07, 6.45) is 0.723. The minimum Gasteiger partial charge on any atom is -0.465 e. The zero-order valence-electron chi connectivity index (χ0n) is 12.1. The van der Waals surface area contributed by atoms with Gasteiger partial charge in [-0.05, 0) is 34.3 Å². The summed E-state index contributed by atoms with van der Waals surface area (Å²) in [7, 11) is -2.47. The molecule has 0 fully saturated rings. The summed E-state index contributed by atoms with van der Waals surface area (Å²) in [5, 5.41) is 0. The highest BCUT2D eigenvalue weighted by Crippen LogP contribution is 2.31. The number of rotatable bonds is 7. The Labute approximate surface area is 137 Å². The van der Waals surface area contributed by atoms with Crippen LogP contribution in [0.15, 0.2) is 14.7 Å². The molecule has 0 aliphatic rings. The van der Waals surface area contributed by atoms with Gasteiger partial charge in [0.2, 0.25) is 10.0 Å². The van der Waals surface area contributed by atoms with Crippen LogP contribution in [0.25, 0.3) is 0 Å². The van der Waals surface area contributed by atoms with Crippen molar-refractivity contribution >= 4 is 43.3 Å². The molecule has 1 atom stereocenters. The zero-order chi connectivity index (χ0) is 16.2. The summed E-state index contributed by atoms with van der Waals surface area (Å²) >= 11 is 4.17. The van der Waals surface area contributed by atoms with Gasteiger partial charge in [0.05, 0.1) is 10.9 Å². The molecule has 0 aliphatic carbocycles. The summed E-state index contributed by atoms with van der Waals surface area (Å²) in [5.41, 5.74) is 5.86. The average Bonchev–Trinajstić information content (AvgIpc) is 2.78. The third kappa shape index (κ3) is 5.33. The van der Waals surface area contributed by atoms with Crippen LogP contribution in [0.1, 0.15) is 29.9 Å². The van der Waals surface area contributed by atoms with Gasteiger partial charge in [-0.25, -0.2) is 17.9 Å². The molecule has 0 aromatic carbocycles. The topological polar surface area (TPSA) is 98.5 Å². The molecule has 1 heterocycles. The quantitative estimate of drug-likeness (QED) is 0.683. The number of carbonyl (C=O) groups excluding carboxylic acids is 1. The molecular formula is C12H19BrN2O4S2. The van der Waals surface area contributed by atoms with Crippen molar-refractivity contribution in [3.63, 3.8) is 0 Å². The summed E-state index contributed by atoms with van der Waals surface area (Å²) in [6.45, 7) is 4.19.